The number of likely N-dealkylation sites (tertiary alicyclic amines) is 1. The van der Waals surface area contributed by atoms with Crippen molar-refractivity contribution in [1.82, 2.24) is 9.88 Å². The smallest absolute Gasteiger partial charge is 0.263 e. The molecule has 0 spiro atoms. The highest BCUT2D eigenvalue weighted by atomic mass is 32.2. The maximum absolute atomic E-state index is 13.2. The third-order valence-corrected chi connectivity index (χ3v) is 8.39. The molecule has 32 heavy (non-hydrogen) atoms. The molecule has 2 saturated heterocycles. The molecule has 2 atom stereocenters. The first-order valence-corrected chi connectivity index (χ1v) is 13.0. The lowest BCUT2D eigenvalue weighted by Crippen LogP contribution is -2.40. The van der Waals surface area contributed by atoms with Crippen molar-refractivity contribution >= 4 is 38.1 Å². The summed E-state index contributed by atoms with van der Waals surface area (Å²) in [6.45, 7) is 2.46. The van der Waals surface area contributed by atoms with Gasteiger partial charge in [-0.25, -0.2) is 13.4 Å². The number of hydrogen-bond acceptors (Lipinski definition) is 6. The van der Waals surface area contributed by atoms with E-state index < -0.39 is 10.0 Å². The van der Waals surface area contributed by atoms with Crippen LogP contribution in [-0.4, -0.2) is 49.9 Å². The molecule has 0 saturated carbocycles. The van der Waals surface area contributed by atoms with Crippen LogP contribution >= 0.6 is 11.3 Å². The lowest BCUT2D eigenvalue weighted by atomic mass is 9.99. The van der Waals surface area contributed by atoms with Gasteiger partial charge in [0.2, 0.25) is 5.91 Å². The molecule has 1 amide bonds. The summed E-state index contributed by atoms with van der Waals surface area (Å²) in [6.07, 6.45) is 3.39. The lowest BCUT2D eigenvalue weighted by molar-refractivity contribution is -0.121. The molecule has 1 aromatic heterocycles. The maximum Gasteiger partial charge on any atom is 0.263 e. The summed E-state index contributed by atoms with van der Waals surface area (Å²) < 4.78 is 27.5. The monoisotopic (exact) mass is 468 g/mol. The topological polar surface area (TPSA) is 82.6 Å². The Morgan fingerprint density at radius 3 is 2.50 bits per heavy atom. The predicted octanol–water partition coefficient (Wildman–Crippen LogP) is 3.54. The molecule has 3 heterocycles. The summed E-state index contributed by atoms with van der Waals surface area (Å²) >= 11 is 1.22. The van der Waals surface area contributed by atoms with Crippen molar-refractivity contribution in [3.8, 4) is 0 Å². The van der Waals surface area contributed by atoms with Crippen molar-refractivity contribution in [1.29, 1.82) is 0 Å². The van der Waals surface area contributed by atoms with Crippen molar-refractivity contribution in [2.45, 2.75) is 29.7 Å². The number of hydrogen-bond donors (Lipinski definition) is 1. The van der Waals surface area contributed by atoms with Crippen LogP contribution < -0.4 is 9.62 Å². The van der Waals surface area contributed by atoms with Crippen LogP contribution in [0.4, 0.5) is 10.8 Å². The van der Waals surface area contributed by atoms with E-state index in [1.54, 1.807) is 28.6 Å². The number of thiazole rings is 1. The Morgan fingerprint density at radius 1 is 1.00 bits per heavy atom. The largest absolute Gasteiger partial charge is 0.311 e. The Balaban J connectivity index is 1.25. The second kappa shape index (κ2) is 8.65. The molecular formula is C23H24N4O3S2. The number of amides is 1. The predicted molar refractivity (Wildman–Crippen MR) is 125 cm³/mol. The van der Waals surface area contributed by atoms with Crippen LogP contribution in [-0.2, 0) is 14.8 Å². The third-order valence-electron chi connectivity index (χ3n) is 6.22. The number of aromatic nitrogens is 1. The number of rotatable bonds is 6. The van der Waals surface area contributed by atoms with Crippen LogP contribution in [0.2, 0.25) is 0 Å². The number of nitrogens with one attached hydrogen (secondary N) is 1. The van der Waals surface area contributed by atoms with Crippen molar-refractivity contribution in [2.75, 3.05) is 29.3 Å². The van der Waals surface area contributed by atoms with E-state index in [-0.39, 0.29) is 16.8 Å². The fraction of sp³-hybridized carbons (Fsp3) is 0.304. The van der Waals surface area contributed by atoms with Gasteiger partial charge in [-0.05, 0) is 55.1 Å². The van der Waals surface area contributed by atoms with Gasteiger partial charge in [-0.15, -0.1) is 11.3 Å². The highest BCUT2D eigenvalue weighted by molar-refractivity contribution is 7.93. The van der Waals surface area contributed by atoms with Crippen molar-refractivity contribution in [3.05, 3.63) is 71.7 Å². The summed E-state index contributed by atoms with van der Waals surface area (Å²) in [4.78, 5) is 21.3. The highest BCUT2D eigenvalue weighted by Gasteiger charge is 2.39. The average Bonchev–Trinajstić information content (AvgIpc) is 3.56. The Bertz CT molecular complexity index is 1180. The molecule has 0 radical (unpaired) electrons. The Morgan fingerprint density at radius 2 is 1.78 bits per heavy atom. The minimum Gasteiger partial charge on any atom is -0.311 e. The Hall–Kier alpha value is -2.75. The molecule has 0 bridgehead atoms. The van der Waals surface area contributed by atoms with Crippen molar-refractivity contribution in [3.63, 3.8) is 0 Å². The Kier molecular flexibility index (Phi) is 5.71. The van der Waals surface area contributed by atoms with Crippen molar-refractivity contribution < 1.29 is 13.2 Å². The van der Waals surface area contributed by atoms with E-state index in [2.05, 4.69) is 38.9 Å². The van der Waals surface area contributed by atoms with Crippen molar-refractivity contribution in [2.24, 2.45) is 0 Å². The number of carbonyl (C=O) groups excluding carboxylic acids is 1. The molecule has 1 N–H and O–H groups in total. The molecule has 7 nitrogen and oxygen atoms in total. The first-order chi connectivity index (χ1) is 15.5. The van der Waals surface area contributed by atoms with Gasteiger partial charge >= 0.3 is 0 Å². The number of benzene rings is 2. The van der Waals surface area contributed by atoms with Gasteiger partial charge in [-0.3, -0.25) is 14.4 Å². The van der Waals surface area contributed by atoms with E-state index in [9.17, 15) is 13.2 Å². The fourth-order valence-corrected chi connectivity index (χ4v) is 6.37. The second-order valence-electron chi connectivity index (χ2n) is 8.12. The number of anilines is 2. The zero-order valence-corrected chi connectivity index (χ0v) is 19.1. The molecule has 2 aromatic carbocycles. The van der Waals surface area contributed by atoms with Crippen LogP contribution in [0, 0.1) is 0 Å². The van der Waals surface area contributed by atoms with E-state index in [1.165, 1.54) is 29.0 Å². The van der Waals surface area contributed by atoms with Gasteiger partial charge in [0.25, 0.3) is 10.0 Å². The highest BCUT2D eigenvalue weighted by Crippen LogP contribution is 2.32. The van der Waals surface area contributed by atoms with Gasteiger partial charge in [0.15, 0.2) is 5.13 Å². The number of carbonyl (C=O) groups is 1. The summed E-state index contributed by atoms with van der Waals surface area (Å²) in [6, 6.07) is 16.8. The van der Waals surface area contributed by atoms with Gasteiger partial charge in [-0.2, -0.15) is 0 Å². The number of nitrogens with zero attached hydrogens (tertiary/aromatic N) is 3. The normalized spacial score (nSPS) is 21.9. The van der Waals surface area contributed by atoms with E-state index >= 15 is 0 Å². The van der Waals surface area contributed by atoms with Crippen LogP contribution in [0.25, 0.3) is 0 Å². The molecule has 2 aliphatic heterocycles. The lowest BCUT2D eigenvalue weighted by Gasteiger charge is -2.23. The average molecular weight is 469 g/mol. The van der Waals surface area contributed by atoms with E-state index in [0.717, 1.165) is 31.6 Å². The molecule has 3 aromatic rings. The fourth-order valence-electron chi connectivity index (χ4n) is 4.58. The minimum atomic E-state index is -3.71. The summed E-state index contributed by atoms with van der Waals surface area (Å²) in [7, 11) is -3.71. The quantitative estimate of drug-likeness (QED) is 0.598. The first-order valence-electron chi connectivity index (χ1n) is 10.6. The number of sulfonamides is 1. The molecule has 0 aliphatic carbocycles. The van der Waals surface area contributed by atoms with Gasteiger partial charge in [0.1, 0.15) is 0 Å². The van der Waals surface area contributed by atoms with E-state index in [0.29, 0.717) is 17.6 Å². The van der Waals surface area contributed by atoms with Crippen LogP contribution in [0.3, 0.4) is 0 Å². The maximum atomic E-state index is 13.2. The van der Waals surface area contributed by atoms with Crippen LogP contribution in [0.1, 0.15) is 24.3 Å². The Labute approximate surface area is 191 Å². The SMILES string of the molecule is O=C1[C@@H](N2CCC(c3ccccc3)C2)CCN1c1ccc(S(=O)(=O)Nc2nccs2)cc1. The van der Waals surface area contributed by atoms with E-state index in [4.69, 9.17) is 0 Å². The standard InChI is InChI=1S/C23H24N4O3S2/c28-22-21(26-13-10-18(16-26)17-4-2-1-3-5-17)11-14-27(22)19-6-8-20(9-7-19)32(29,30)25-23-24-12-15-31-23/h1-9,12,15,18,21H,10-11,13-14,16H2,(H,24,25)/t18?,21-/m0/s1. The summed E-state index contributed by atoms with van der Waals surface area (Å²) in [5.74, 6) is 0.558. The third kappa shape index (κ3) is 4.15. The molecule has 5 rings (SSSR count). The van der Waals surface area contributed by atoms with Gasteiger partial charge < -0.3 is 4.90 Å². The molecule has 2 aliphatic rings. The molecule has 9 heteroatoms. The second-order valence-corrected chi connectivity index (χ2v) is 10.7. The van der Waals surface area contributed by atoms with E-state index in [1.807, 2.05) is 6.07 Å². The zero-order valence-electron chi connectivity index (χ0n) is 17.4. The molecular weight excluding hydrogens is 444 g/mol. The molecule has 1 unspecified atom stereocenters. The van der Waals surface area contributed by atoms with Crippen LogP contribution in [0.15, 0.2) is 71.1 Å². The van der Waals surface area contributed by atoms with Gasteiger partial charge in [0.05, 0.1) is 10.9 Å². The van der Waals surface area contributed by atoms with Gasteiger partial charge in [-0.1, -0.05) is 30.3 Å². The summed E-state index contributed by atoms with van der Waals surface area (Å²) in [5.41, 5.74) is 2.06. The molecule has 2 fully saturated rings. The molecule has 166 valence electrons. The zero-order chi connectivity index (χ0) is 22.1. The van der Waals surface area contributed by atoms with Gasteiger partial charge in [0, 0.05) is 30.4 Å². The summed E-state index contributed by atoms with van der Waals surface area (Å²) in [5, 5.41) is 2.03. The first kappa shape index (κ1) is 21.1. The van der Waals surface area contributed by atoms with Crippen LogP contribution in [0.5, 0.6) is 0 Å². The minimum absolute atomic E-state index is 0.0928.